The van der Waals surface area contributed by atoms with Gasteiger partial charge in [0.05, 0.1) is 12.1 Å². The number of hydrogen-bond donors (Lipinski definition) is 1. The summed E-state index contributed by atoms with van der Waals surface area (Å²) >= 11 is 0. The third kappa shape index (κ3) is 0.867. The molecule has 0 spiro atoms. The van der Waals surface area contributed by atoms with Gasteiger partial charge in [-0.05, 0) is 37.5 Å². The molecule has 0 bridgehead atoms. The standard InChI is InChI=1S/C8H14NO/c9-8(5-10,6-1-2-6)7-3-4-7/h6-7,9-10H,1-5H2. The average Bonchev–Trinajstić information content (AvgIpc) is 2.73. The SMILES string of the molecule is [NH]C(CO)(C1CC1)C1CC1. The molecule has 0 aromatic rings. The van der Waals surface area contributed by atoms with Crippen molar-refractivity contribution in [3.63, 3.8) is 0 Å². The van der Waals surface area contributed by atoms with Gasteiger partial charge in [-0.1, -0.05) is 0 Å². The van der Waals surface area contributed by atoms with E-state index < -0.39 is 5.54 Å². The number of hydrogen-bond acceptors (Lipinski definition) is 1. The molecule has 2 nitrogen and oxygen atoms in total. The Kier molecular flexibility index (Phi) is 1.29. The minimum Gasteiger partial charge on any atom is -0.394 e. The molecule has 57 valence electrons. The fourth-order valence-electron chi connectivity index (χ4n) is 1.79. The van der Waals surface area contributed by atoms with Crippen LogP contribution in [0.1, 0.15) is 25.7 Å². The van der Waals surface area contributed by atoms with E-state index in [4.69, 9.17) is 10.8 Å². The smallest absolute Gasteiger partial charge is 0.0631 e. The summed E-state index contributed by atoms with van der Waals surface area (Å²) in [6, 6.07) is 0. The molecule has 0 aromatic heterocycles. The highest BCUT2D eigenvalue weighted by Gasteiger charge is 2.51. The summed E-state index contributed by atoms with van der Waals surface area (Å²) < 4.78 is 0. The summed E-state index contributed by atoms with van der Waals surface area (Å²) in [4.78, 5) is 0. The molecule has 2 fully saturated rings. The maximum Gasteiger partial charge on any atom is 0.0631 e. The lowest BCUT2D eigenvalue weighted by molar-refractivity contribution is 0.150. The summed E-state index contributed by atoms with van der Waals surface area (Å²) in [6.07, 6.45) is 4.72. The predicted molar refractivity (Wildman–Crippen MR) is 38.4 cm³/mol. The lowest BCUT2D eigenvalue weighted by atomic mass is 9.90. The first-order valence-electron chi connectivity index (χ1n) is 4.13. The Morgan fingerprint density at radius 3 is 1.80 bits per heavy atom. The van der Waals surface area contributed by atoms with Gasteiger partial charge in [0.25, 0.3) is 0 Å². The third-order valence-corrected chi connectivity index (χ3v) is 2.87. The number of rotatable bonds is 3. The van der Waals surface area contributed by atoms with Crippen molar-refractivity contribution in [1.82, 2.24) is 5.73 Å². The zero-order chi connectivity index (χ0) is 7.19. The molecule has 0 amide bonds. The highest BCUT2D eigenvalue weighted by Crippen LogP contribution is 2.51. The second kappa shape index (κ2) is 1.95. The summed E-state index contributed by atoms with van der Waals surface area (Å²) in [5.74, 6) is 1.06. The van der Waals surface area contributed by atoms with Gasteiger partial charge >= 0.3 is 0 Å². The second-order valence-electron chi connectivity index (χ2n) is 3.75. The molecule has 2 rings (SSSR count). The van der Waals surface area contributed by atoms with Crippen molar-refractivity contribution < 1.29 is 5.11 Å². The molecular formula is C8H14NO. The van der Waals surface area contributed by atoms with E-state index >= 15 is 0 Å². The normalized spacial score (nSPS) is 27.0. The van der Waals surface area contributed by atoms with Crippen LogP contribution >= 0.6 is 0 Å². The Morgan fingerprint density at radius 2 is 1.60 bits per heavy atom. The maximum atomic E-state index is 9.02. The summed E-state index contributed by atoms with van der Waals surface area (Å²) in [5.41, 5.74) is 7.52. The van der Waals surface area contributed by atoms with E-state index in [9.17, 15) is 0 Å². The molecule has 0 unspecified atom stereocenters. The molecule has 0 heterocycles. The molecule has 0 aliphatic heterocycles. The van der Waals surface area contributed by atoms with Gasteiger partial charge in [0.1, 0.15) is 0 Å². The molecule has 2 saturated carbocycles. The van der Waals surface area contributed by atoms with Crippen molar-refractivity contribution in [1.29, 1.82) is 0 Å². The van der Waals surface area contributed by atoms with E-state index in [1.807, 2.05) is 0 Å². The van der Waals surface area contributed by atoms with Gasteiger partial charge in [-0.2, -0.15) is 0 Å². The van der Waals surface area contributed by atoms with Gasteiger partial charge in [-0.3, -0.25) is 0 Å². The average molecular weight is 140 g/mol. The molecule has 2 N–H and O–H groups in total. The van der Waals surface area contributed by atoms with Gasteiger partial charge in [0, 0.05) is 0 Å². The van der Waals surface area contributed by atoms with E-state index in [-0.39, 0.29) is 6.61 Å². The van der Waals surface area contributed by atoms with Crippen LogP contribution in [0.3, 0.4) is 0 Å². The minimum absolute atomic E-state index is 0.0856. The van der Waals surface area contributed by atoms with Crippen LogP contribution in [0.15, 0.2) is 0 Å². The summed E-state index contributed by atoms with van der Waals surface area (Å²) in [5, 5.41) is 9.02. The topological polar surface area (TPSA) is 44.0 Å². The zero-order valence-corrected chi connectivity index (χ0v) is 6.14. The lowest BCUT2D eigenvalue weighted by Gasteiger charge is -2.25. The molecule has 0 saturated heterocycles. The van der Waals surface area contributed by atoms with Crippen molar-refractivity contribution in [3.8, 4) is 0 Å². The molecule has 0 atom stereocenters. The fraction of sp³-hybridized carbons (Fsp3) is 1.00. The molecular weight excluding hydrogens is 126 g/mol. The largest absolute Gasteiger partial charge is 0.394 e. The monoisotopic (exact) mass is 140 g/mol. The molecule has 2 aliphatic carbocycles. The highest BCUT2D eigenvalue weighted by atomic mass is 16.3. The fourth-order valence-corrected chi connectivity index (χ4v) is 1.79. The second-order valence-corrected chi connectivity index (χ2v) is 3.75. The van der Waals surface area contributed by atoms with E-state index in [1.165, 1.54) is 25.7 Å². The van der Waals surface area contributed by atoms with E-state index in [0.29, 0.717) is 11.8 Å². The summed E-state index contributed by atoms with van der Waals surface area (Å²) in [7, 11) is 0. The molecule has 2 heteroatoms. The Balaban J connectivity index is 2.03. The van der Waals surface area contributed by atoms with Crippen LogP contribution in [0.2, 0.25) is 0 Å². The van der Waals surface area contributed by atoms with Gasteiger partial charge in [-0.25, -0.2) is 5.73 Å². The van der Waals surface area contributed by atoms with Crippen LogP contribution in [0.5, 0.6) is 0 Å². The van der Waals surface area contributed by atoms with Crippen LogP contribution in [0, 0.1) is 11.8 Å². The number of nitrogens with one attached hydrogen (secondary N) is 1. The first kappa shape index (κ1) is 6.62. The lowest BCUT2D eigenvalue weighted by Crippen LogP contribution is -2.40. The Bertz CT molecular complexity index is 126. The van der Waals surface area contributed by atoms with Crippen LogP contribution in [-0.2, 0) is 0 Å². The van der Waals surface area contributed by atoms with Crippen molar-refractivity contribution in [2.75, 3.05) is 6.61 Å². The van der Waals surface area contributed by atoms with Gasteiger partial charge < -0.3 is 5.11 Å². The minimum atomic E-state index is -0.431. The Labute approximate surface area is 61.4 Å². The van der Waals surface area contributed by atoms with Gasteiger partial charge in [0.15, 0.2) is 0 Å². The van der Waals surface area contributed by atoms with E-state index in [2.05, 4.69) is 0 Å². The first-order valence-corrected chi connectivity index (χ1v) is 4.13. The number of aliphatic hydroxyl groups excluding tert-OH is 1. The van der Waals surface area contributed by atoms with Crippen LogP contribution in [-0.4, -0.2) is 17.3 Å². The van der Waals surface area contributed by atoms with Gasteiger partial charge in [-0.15, -0.1) is 0 Å². The van der Waals surface area contributed by atoms with E-state index in [1.54, 1.807) is 0 Å². The predicted octanol–water partition coefficient (Wildman–Crippen LogP) is 0.820. The molecule has 10 heavy (non-hydrogen) atoms. The zero-order valence-electron chi connectivity index (χ0n) is 6.14. The maximum absolute atomic E-state index is 9.02. The van der Waals surface area contributed by atoms with Crippen LogP contribution < -0.4 is 5.73 Å². The first-order chi connectivity index (χ1) is 4.77. The van der Waals surface area contributed by atoms with Crippen LogP contribution in [0.25, 0.3) is 0 Å². The Hall–Kier alpha value is -0.0800. The Morgan fingerprint density at radius 1 is 1.20 bits per heavy atom. The molecule has 1 radical (unpaired) electrons. The van der Waals surface area contributed by atoms with Crippen molar-refractivity contribution in [3.05, 3.63) is 0 Å². The number of aliphatic hydroxyl groups is 1. The van der Waals surface area contributed by atoms with Crippen molar-refractivity contribution in [2.45, 2.75) is 31.2 Å². The van der Waals surface area contributed by atoms with E-state index in [0.717, 1.165) is 0 Å². The third-order valence-electron chi connectivity index (χ3n) is 2.87. The molecule has 0 aromatic carbocycles. The van der Waals surface area contributed by atoms with Crippen LogP contribution in [0.4, 0.5) is 0 Å². The molecule has 2 aliphatic rings. The quantitative estimate of drug-likeness (QED) is 0.619. The highest BCUT2D eigenvalue weighted by molar-refractivity contribution is 5.06. The van der Waals surface area contributed by atoms with Crippen molar-refractivity contribution >= 4 is 0 Å². The van der Waals surface area contributed by atoms with Crippen molar-refractivity contribution in [2.24, 2.45) is 11.8 Å². The summed E-state index contributed by atoms with van der Waals surface area (Å²) in [6.45, 7) is 0.0856. The van der Waals surface area contributed by atoms with Gasteiger partial charge in [0.2, 0.25) is 0 Å².